The summed E-state index contributed by atoms with van der Waals surface area (Å²) in [6.45, 7) is 1.26. The summed E-state index contributed by atoms with van der Waals surface area (Å²) >= 11 is 0. The average molecular weight is 245 g/mol. The number of carbonyl (C=O) groups is 1. The van der Waals surface area contributed by atoms with Crippen molar-refractivity contribution in [1.82, 2.24) is 5.32 Å². The second-order valence-corrected chi connectivity index (χ2v) is 3.50. The zero-order chi connectivity index (χ0) is 12.9. The van der Waals surface area contributed by atoms with E-state index in [1.165, 1.54) is 19.1 Å². The first-order valence-electron chi connectivity index (χ1n) is 5.00. The molecule has 0 fully saturated rings. The normalized spacial score (nSPS) is 12.9. The highest BCUT2D eigenvalue weighted by atomic mass is 19.3. The second kappa shape index (κ2) is 5.58. The molecule has 6 heteroatoms. The Bertz CT molecular complexity index is 368. The van der Waals surface area contributed by atoms with Crippen LogP contribution in [0.25, 0.3) is 0 Å². The number of rotatable bonds is 4. The summed E-state index contributed by atoms with van der Waals surface area (Å²) in [5, 5.41) is 10.9. The Morgan fingerprint density at radius 2 is 2.06 bits per heavy atom. The van der Waals surface area contributed by atoms with Gasteiger partial charge in [0.15, 0.2) is 0 Å². The van der Waals surface area contributed by atoms with Crippen molar-refractivity contribution in [2.24, 2.45) is 0 Å². The van der Waals surface area contributed by atoms with Gasteiger partial charge in [-0.1, -0.05) is 18.2 Å². The number of aliphatic hydroxyl groups is 1. The monoisotopic (exact) mass is 245 g/mol. The smallest absolute Gasteiger partial charge is 0.392 e. The number of ether oxygens (including phenoxy) is 1. The Morgan fingerprint density at radius 3 is 2.59 bits per heavy atom. The molecule has 0 heterocycles. The number of amides is 1. The van der Waals surface area contributed by atoms with Crippen LogP contribution in [0.2, 0.25) is 0 Å². The van der Waals surface area contributed by atoms with Gasteiger partial charge in [0.1, 0.15) is 0 Å². The highest BCUT2D eigenvalue weighted by Crippen LogP contribution is 2.28. The average Bonchev–Trinajstić information content (AvgIpc) is 2.27. The lowest BCUT2D eigenvalue weighted by Gasteiger charge is -2.17. The van der Waals surface area contributed by atoms with E-state index in [1.54, 1.807) is 6.07 Å². The summed E-state index contributed by atoms with van der Waals surface area (Å²) in [5.41, 5.74) is -0.410. The van der Waals surface area contributed by atoms with E-state index in [0.29, 0.717) is 0 Å². The van der Waals surface area contributed by atoms with Crippen molar-refractivity contribution in [3.8, 4) is 0 Å². The Kier molecular flexibility index (Phi) is 4.39. The Balaban J connectivity index is 2.58. The first-order valence-corrected chi connectivity index (χ1v) is 5.00. The second-order valence-electron chi connectivity index (χ2n) is 3.50. The van der Waals surface area contributed by atoms with Gasteiger partial charge >= 0.3 is 12.2 Å². The van der Waals surface area contributed by atoms with Crippen molar-refractivity contribution < 1.29 is 23.4 Å². The van der Waals surface area contributed by atoms with E-state index in [0.717, 1.165) is 12.1 Å². The van der Waals surface area contributed by atoms with Crippen LogP contribution in [0, 0.1) is 0 Å². The molecule has 0 bridgehead atoms. The molecule has 17 heavy (non-hydrogen) atoms. The molecule has 0 aliphatic heterocycles. The number of benzene rings is 1. The zero-order valence-electron chi connectivity index (χ0n) is 9.19. The van der Waals surface area contributed by atoms with Crippen LogP contribution in [-0.2, 0) is 10.8 Å². The fourth-order valence-electron chi connectivity index (χ4n) is 1.07. The Hall–Kier alpha value is -1.69. The molecule has 0 aliphatic rings. The van der Waals surface area contributed by atoms with E-state index >= 15 is 0 Å². The lowest BCUT2D eigenvalue weighted by molar-refractivity contribution is -0.207. The van der Waals surface area contributed by atoms with Crippen molar-refractivity contribution in [3.05, 3.63) is 35.9 Å². The molecular formula is C11H13F2NO3. The van der Waals surface area contributed by atoms with Crippen molar-refractivity contribution in [2.45, 2.75) is 19.1 Å². The number of alkyl halides is 2. The van der Waals surface area contributed by atoms with Gasteiger partial charge in [-0.2, -0.15) is 8.78 Å². The van der Waals surface area contributed by atoms with Gasteiger partial charge in [0.25, 0.3) is 0 Å². The van der Waals surface area contributed by atoms with Gasteiger partial charge in [0.05, 0.1) is 11.7 Å². The number of hydrogen-bond donors (Lipinski definition) is 2. The molecule has 2 N–H and O–H groups in total. The van der Waals surface area contributed by atoms with Crippen LogP contribution in [0.1, 0.15) is 12.5 Å². The number of aliphatic hydroxyl groups excluding tert-OH is 1. The van der Waals surface area contributed by atoms with Crippen LogP contribution in [0.5, 0.6) is 0 Å². The third kappa shape index (κ3) is 4.36. The van der Waals surface area contributed by atoms with Crippen molar-refractivity contribution in [1.29, 1.82) is 0 Å². The van der Waals surface area contributed by atoms with Gasteiger partial charge < -0.3 is 15.2 Å². The summed E-state index contributed by atoms with van der Waals surface area (Å²) in [6, 6.07) is 6.72. The molecule has 0 saturated carbocycles. The molecule has 0 radical (unpaired) electrons. The van der Waals surface area contributed by atoms with Gasteiger partial charge in [-0.3, -0.25) is 0 Å². The number of nitrogens with one attached hydrogen (secondary N) is 1. The molecule has 0 aromatic heterocycles. The SMILES string of the molecule is CC(O)CNC(=O)OC(F)(F)c1ccccc1. The van der Waals surface area contributed by atoms with Crippen LogP contribution in [0.3, 0.4) is 0 Å². The lowest BCUT2D eigenvalue weighted by Crippen LogP contribution is -2.35. The standard InChI is InChI=1S/C11H13F2NO3/c1-8(15)7-14-10(16)17-11(12,13)9-5-3-2-4-6-9/h2-6,8,15H,7H2,1H3,(H,14,16). The summed E-state index contributed by atoms with van der Waals surface area (Å²) in [5.74, 6) is 0. The molecule has 1 aromatic rings. The number of carbonyl (C=O) groups excluding carboxylic acids is 1. The zero-order valence-corrected chi connectivity index (χ0v) is 9.19. The highest BCUT2D eigenvalue weighted by Gasteiger charge is 2.36. The minimum Gasteiger partial charge on any atom is -0.392 e. The van der Waals surface area contributed by atoms with Crippen molar-refractivity contribution in [3.63, 3.8) is 0 Å². The van der Waals surface area contributed by atoms with Crippen LogP contribution in [-0.4, -0.2) is 23.8 Å². The van der Waals surface area contributed by atoms with Crippen molar-refractivity contribution in [2.75, 3.05) is 6.54 Å². The molecule has 1 atom stereocenters. The Morgan fingerprint density at radius 1 is 1.47 bits per heavy atom. The lowest BCUT2D eigenvalue weighted by atomic mass is 10.2. The number of hydrogen-bond acceptors (Lipinski definition) is 3. The maximum absolute atomic E-state index is 13.4. The van der Waals surface area contributed by atoms with E-state index in [4.69, 9.17) is 5.11 Å². The molecule has 1 rings (SSSR count). The minimum atomic E-state index is -3.69. The third-order valence-electron chi connectivity index (χ3n) is 1.87. The summed E-state index contributed by atoms with van der Waals surface area (Å²) in [6.07, 6.45) is -5.79. The predicted molar refractivity (Wildman–Crippen MR) is 56.5 cm³/mol. The maximum Gasteiger partial charge on any atom is 0.429 e. The van der Waals surface area contributed by atoms with Gasteiger partial charge in [-0.25, -0.2) is 4.79 Å². The van der Waals surface area contributed by atoms with E-state index in [9.17, 15) is 13.6 Å². The summed E-state index contributed by atoms with van der Waals surface area (Å²) < 4.78 is 30.8. The number of halogens is 2. The van der Waals surface area contributed by atoms with Crippen molar-refractivity contribution >= 4 is 6.09 Å². The molecular weight excluding hydrogens is 232 g/mol. The predicted octanol–water partition coefficient (Wildman–Crippen LogP) is 1.84. The third-order valence-corrected chi connectivity index (χ3v) is 1.87. The summed E-state index contributed by atoms with van der Waals surface area (Å²) in [4.78, 5) is 11.0. The van der Waals surface area contributed by atoms with Gasteiger partial charge in [-0.05, 0) is 19.1 Å². The molecule has 0 aliphatic carbocycles. The highest BCUT2D eigenvalue weighted by molar-refractivity contribution is 5.67. The van der Waals surface area contributed by atoms with Crippen LogP contribution in [0.4, 0.5) is 13.6 Å². The quantitative estimate of drug-likeness (QED) is 0.851. The number of alkyl carbamates (subject to hydrolysis) is 1. The first kappa shape index (κ1) is 13.4. The maximum atomic E-state index is 13.4. The van der Waals surface area contributed by atoms with Crippen LogP contribution >= 0.6 is 0 Å². The fourth-order valence-corrected chi connectivity index (χ4v) is 1.07. The topological polar surface area (TPSA) is 58.6 Å². The van der Waals surface area contributed by atoms with Crippen LogP contribution in [0.15, 0.2) is 30.3 Å². The van der Waals surface area contributed by atoms with Crippen LogP contribution < -0.4 is 5.32 Å². The molecule has 4 nitrogen and oxygen atoms in total. The van der Waals surface area contributed by atoms with Gasteiger partial charge in [0.2, 0.25) is 0 Å². The summed E-state index contributed by atoms with van der Waals surface area (Å²) in [7, 11) is 0. The molecule has 1 amide bonds. The molecule has 1 aromatic carbocycles. The van der Waals surface area contributed by atoms with Gasteiger partial charge in [-0.15, -0.1) is 0 Å². The molecule has 1 unspecified atom stereocenters. The van der Waals surface area contributed by atoms with E-state index in [2.05, 4.69) is 4.74 Å². The largest absolute Gasteiger partial charge is 0.429 e. The van der Waals surface area contributed by atoms with E-state index in [-0.39, 0.29) is 6.54 Å². The van der Waals surface area contributed by atoms with E-state index < -0.39 is 23.9 Å². The molecule has 0 saturated heterocycles. The minimum absolute atomic E-state index is 0.149. The van der Waals surface area contributed by atoms with Gasteiger partial charge in [0, 0.05) is 6.54 Å². The van der Waals surface area contributed by atoms with E-state index in [1.807, 2.05) is 5.32 Å². The molecule has 94 valence electrons. The first-order chi connectivity index (χ1) is 7.92. The fraction of sp³-hybridized carbons (Fsp3) is 0.364. The molecule has 0 spiro atoms. The Labute approximate surface area is 97.2 Å².